The molecule has 0 unspecified atom stereocenters. The third-order valence-corrected chi connectivity index (χ3v) is 13.4. The molecule has 8 aromatic carbocycles. The number of rotatable bonds is 7. The summed E-state index contributed by atoms with van der Waals surface area (Å²) in [6.45, 7) is 0. The minimum Gasteiger partial charge on any atom is -0.228 e. The van der Waals surface area contributed by atoms with Gasteiger partial charge in [-0.25, -0.2) is 19.9 Å². The van der Waals surface area contributed by atoms with Crippen molar-refractivity contribution in [2.75, 3.05) is 0 Å². The van der Waals surface area contributed by atoms with Crippen LogP contribution in [0.4, 0.5) is 0 Å². The van der Waals surface area contributed by atoms with Crippen LogP contribution in [0.25, 0.3) is 88.0 Å². The molecule has 290 valence electrons. The maximum atomic E-state index is 5.60. The van der Waals surface area contributed by atoms with Gasteiger partial charge in [-0.1, -0.05) is 194 Å². The Morgan fingerprint density at radius 1 is 0.355 bits per heavy atom. The van der Waals surface area contributed by atoms with E-state index in [1.165, 1.54) is 27.0 Å². The summed E-state index contributed by atoms with van der Waals surface area (Å²) in [5, 5.41) is 1.11. The minimum atomic E-state index is -0.634. The minimum absolute atomic E-state index is 0.609. The Morgan fingerprint density at radius 3 is 1.48 bits per heavy atom. The largest absolute Gasteiger partial charge is 0.228 e. The van der Waals surface area contributed by atoms with Crippen molar-refractivity contribution >= 4 is 31.6 Å². The average Bonchev–Trinajstić information content (AvgIpc) is 3.88. The van der Waals surface area contributed by atoms with Crippen molar-refractivity contribution in [2.45, 2.75) is 5.41 Å². The normalized spacial score (nSPS) is 12.6. The highest BCUT2D eigenvalue weighted by molar-refractivity contribution is 7.26. The van der Waals surface area contributed by atoms with E-state index in [-0.39, 0.29) is 0 Å². The van der Waals surface area contributed by atoms with E-state index in [0.717, 1.165) is 71.6 Å². The topological polar surface area (TPSA) is 51.6 Å². The number of thiophene rings is 1. The van der Waals surface area contributed by atoms with Crippen molar-refractivity contribution in [3.63, 3.8) is 0 Å². The predicted octanol–water partition coefficient (Wildman–Crippen LogP) is 14.3. The summed E-state index contributed by atoms with van der Waals surface area (Å²) in [7, 11) is 0. The van der Waals surface area contributed by atoms with E-state index < -0.39 is 5.41 Å². The summed E-state index contributed by atoms with van der Waals surface area (Å²) in [6.07, 6.45) is 0. The molecule has 12 rings (SSSR count). The SMILES string of the molecule is c1ccc(-c2cc(-c3ccccc3)nc(-c3cc4c(cc3-c3nc(-c5ccccc5)c5sc6ccccc6c5n3)C(c3ccccc3)(c3ccccc3)c3ccccc3-4)n2)cc1. The summed E-state index contributed by atoms with van der Waals surface area (Å²) in [4.78, 5) is 22.1. The van der Waals surface area contributed by atoms with Crippen molar-refractivity contribution in [1.29, 1.82) is 0 Å². The van der Waals surface area contributed by atoms with E-state index >= 15 is 0 Å². The van der Waals surface area contributed by atoms with Gasteiger partial charge in [0.05, 0.1) is 32.7 Å². The van der Waals surface area contributed by atoms with Crippen LogP contribution in [0.1, 0.15) is 22.3 Å². The smallest absolute Gasteiger partial charge is 0.161 e. The van der Waals surface area contributed by atoms with Gasteiger partial charge in [0.15, 0.2) is 11.6 Å². The molecule has 0 amide bonds. The van der Waals surface area contributed by atoms with Gasteiger partial charge in [-0.2, -0.15) is 0 Å². The number of aromatic nitrogens is 4. The van der Waals surface area contributed by atoms with Crippen LogP contribution in [0, 0.1) is 0 Å². The molecule has 1 aliphatic rings. The summed E-state index contributed by atoms with van der Waals surface area (Å²) in [5.41, 5.74) is 14.8. The van der Waals surface area contributed by atoms with E-state index in [2.05, 4.69) is 206 Å². The lowest BCUT2D eigenvalue weighted by Crippen LogP contribution is -2.28. The quantitative estimate of drug-likeness (QED) is 0.161. The Morgan fingerprint density at radius 2 is 0.855 bits per heavy atom. The van der Waals surface area contributed by atoms with E-state index in [0.29, 0.717) is 11.6 Å². The lowest BCUT2D eigenvalue weighted by molar-refractivity contribution is 0.768. The second-order valence-corrected chi connectivity index (χ2v) is 16.8. The third-order valence-electron chi connectivity index (χ3n) is 12.2. The van der Waals surface area contributed by atoms with Gasteiger partial charge >= 0.3 is 0 Å². The fourth-order valence-corrected chi connectivity index (χ4v) is 10.6. The van der Waals surface area contributed by atoms with Crippen molar-refractivity contribution in [2.24, 2.45) is 0 Å². The zero-order chi connectivity index (χ0) is 41.0. The van der Waals surface area contributed by atoms with Crippen LogP contribution < -0.4 is 0 Å². The van der Waals surface area contributed by atoms with Crippen LogP contribution >= 0.6 is 11.3 Å². The molecule has 3 heterocycles. The monoisotopic (exact) mass is 808 g/mol. The van der Waals surface area contributed by atoms with Crippen LogP contribution in [0.15, 0.2) is 218 Å². The van der Waals surface area contributed by atoms with Crippen LogP contribution in [0.2, 0.25) is 0 Å². The molecular weight excluding hydrogens is 773 g/mol. The maximum Gasteiger partial charge on any atom is 0.161 e. The second kappa shape index (κ2) is 14.7. The molecule has 3 aromatic heterocycles. The molecule has 0 aliphatic heterocycles. The highest BCUT2D eigenvalue weighted by Gasteiger charge is 2.46. The van der Waals surface area contributed by atoms with Gasteiger partial charge < -0.3 is 0 Å². The lowest BCUT2D eigenvalue weighted by atomic mass is 9.67. The average molecular weight is 809 g/mol. The fraction of sp³-hybridized carbons (Fsp3) is 0.0175. The summed E-state index contributed by atoms with van der Waals surface area (Å²) in [6, 6.07) is 77.3. The highest BCUT2D eigenvalue weighted by atomic mass is 32.1. The molecule has 62 heavy (non-hydrogen) atoms. The summed E-state index contributed by atoms with van der Waals surface area (Å²) < 4.78 is 2.24. The van der Waals surface area contributed by atoms with E-state index in [9.17, 15) is 0 Å². The van der Waals surface area contributed by atoms with Gasteiger partial charge in [-0.05, 0) is 57.6 Å². The van der Waals surface area contributed by atoms with Gasteiger partial charge in [0.1, 0.15) is 0 Å². The number of fused-ring (bicyclic) bond motifs is 6. The van der Waals surface area contributed by atoms with Crippen molar-refractivity contribution in [1.82, 2.24) is 19.9 Å². The van der Waals surface area contributed by atoms with Gasteiger partial charge in [0, 0.05) is 37.9 Å². The summed E-state index contributed by atoms with van der Waals surface area (Å²) in [5.74, 6) is 1.23. The Kier molecular flexibility index (Phi) is 8.54. The predicted molar refractivity (Wildman–Crippen MR) is 255 cm³/mol. The van der Waals surface area contributed by atoms with Gasteiger partial charge in [0.2, 0.25) is 0 Å². The molecular formula is C57H36N4S. The van der Waals surface area contributed by atoms with Crippen molar-refractivity contribution in [3.05, 3.63) is 241 Å². The standard InChI is InChI=1S/C57H36N4S/c1-6-20-37(21-7-1)49-36-50(38-22-8-2-9-23-38)59-55(58-49)45-34-44-42-30-16-18-32-47(42)57(40-26-12-4-13-27-40,41-28-14-5-15-29-41)48(44)35-46(45)56-60-52(39-24-10-3-11-25-39)54-53(61-56)43-31-17-19-33-51(43)62-54/h1-36H. The maximum absolute atomic E-state index is 5.60. The molecule has 4 nitrogen and oxygen atoms in total. The molecule has 5 heteroatoms. The Labute approximate surface area is 363 Å². The van der Waals surface area contributed by atoms with Gasteiger partial charge in [0.25, 0.3) is 0 Å². The molecule has 0 bridgehead atoms. The molecule has 0 saturated heterocycles. The summed E-state index contributed by atoms with van der Waals surface area (Å²) >= 11 is 1.74. The first kappa shape index (κ1) is 36.0. The van der Waals surface area contributed by atoms with Crippen molar-refractivity contribution in [3.8, 4) is 67.7 Å². The Bertz CT molecular complexity index is 3340. The van der Waals surface area contributed by atoms with E-state index in [1.54, 1.807) is 11.3 Å². The molecule has 0 fully saturated rings. The molecule has 0 spiro atoms. The molecule has 1 aliphatic carbocycles. The Hall–Kier alpha value is -7.86. The number of nitrogens with zero attached hydrogens (tertiary/aromatic N) is 4. The first-order chi connectivity index (χ1) is 30.7. The molecule has 0 atom stereocenters. The van der Waals surface area contributed by atoms with Crippen LogP contribution in [-0.2, 0) is 5.41 Å². The first-order valence-corrected chi connectivity index (χ1v) is 21.7. The number of hydrogen-bond acceptors (Lipinski definition) is 5. The molecule has 0 radical (unpaired) electrons. The van der Waals surface area contributed by atoms with Crippen LogP contribution in [-0.4, -0.2) is 19.9 Å². The second-order valence-electron chi connectivity index (χ2n) is 15.7. The number of benzene rings is 8. The van der Waals surface area contributed by atoms with Crippen LogP contribution in [0.5, 0.6) is 0 Å². The zero-order valence-electron chi connectivity index (χ0n) is 33.5. The van der Waals surface area contributed by atoms with Gasteiger partial charge in [-0.15, -0.1) is 11.3 Å². The van der Waals surface area contributed by atoms with Gasteiger partial charge in [-0.3, -0.25) is 0 Å². The number of hydrogen-bond donors (Lipinski definition) is 0. The zero-order valence-corrected chi connectivity index (χ0v) is 34.3. The van der Waals surface area contributed by atoms with Crippen molar-refractivity contribution < 1.29 is 0 Å². The molecule has 11 aromatic rings. The molecule has 0 N–H and O–H groups in total. The molecule has 0 saturated carbocycles. The van der Waals surface area contributed by atoms with E-state index in [4.69, 9.17) is 19.9 Å². The Balaban J connectivity index is 1.24. The first-order valence-electron chi connectivity index (χ1n) is 20.9. The fourth-order valence-electron chi connectivity index (χ4n) is 9.44. The van der Waals surface area contributed by atoms with E-state index in [1.807, 2.05) is 12.1 Å². The lowest BCUT2D eigenvalue weighted by Gasteiger charge is -2.34. The highest BCUT2D eigenvalue weighted by Crippen LogP contribution is 2.58. The van der Waals surface area contributed by atoms with Crippen LogP contribution in [0.3, 0.4) is 0 Å². The third kappa shape index (κ3) is 5.74.